The lowest BCUT2D eigenvalue weighted by atomic mass is 10.2. The summed E-state index contributed by atoms with van der Waals surface area (Å²) in [5.74, 6) is 1.68. The Balaban J connectivity index is 2.32. The van der Waals surface area contributed by atoms with Crippen LogP contribution in [0.4, 0.5) is 0 Å². The minimum atomic E-state index is 0.466. The van der Waals surface area contributed by atoms with Crippen molar-refractivity contribution in [2.45, 2.75) is 45.2 Å². The second-order valence-corrected chi connectivity index (χ2v) is 5.21. The molecule has 1 aliphatic carbocycles. The highest BCUT2D eigenvalue weighted by Crippen LogP contribution is 2.40. The van der Waals surface area contributed by atoms with Gasteiger partial charge in [0.1, 0.15) is 5.82 Å². The molecule has 0 amide bonds. The van der Waals surface area contributed by atoms with Crippen LogP contribution >= 0.6 is 0 Å². The van der Waals surface area contributed by atoms with Crippen molar-refractivity contribution in [2.24, 2.45) is 5.73 Å². The number of hydrogen-bond donors (Lipinski definition) is 1. The predicted octanol–water partition coefficient (Wildman–Crippen LogP) is 2.95. The molecule has 1 saturated carbocycles. The van der Waals surface area contributed by atoms with Gasteiger partial charge < -0.3 is 10.3 Å². The maximum absolute atomic E-state index is 5.85. The summed E-state index contributed by atoms with van der Waals surface area (Å²) in [5, 5.41) is 0. The highest BCUT2D eigenvalue weighted by molar-refractivity contribution is 5.80. The zero-order chi connectivity index (χ0) is 12.0. The van der Waals surface area contributed by atoms with Crippen molar-refractivity contribution in [3.8, 4) is 0 Å². The second-order valence-electron chi connectivity index (χ2n) is 5.21. The lowest BCUT2D eigenvalue weighted by molar-refractivity contribution is 0.653. The van der Waals surface area contributed by atoms with Crippen LogP contribution < -0.4 is 5.73 Å². The zero-order valence-electron chi connectivity index (χ0n) is 10.5. The van der Waals surface area contributed by atoms with E-state index in [0.717, 1.165) is 5.52 Å². The Morgan fingerprint density at radius 2 is 2.18 bits per heavy atom. The number of hydrogen-bond acceptors (Lipinski definition) is 2. The Hall–Kier alpha value is -1.35. The molecule has 2 aromatic rings. The van der Waals surface area contributed by atoms with E-state index in [4.69, 9.17) is 10.7 Å². The molecule has 0 aliphatic heterocycles. The first-order chi connectivity index (χ1) is 8.22. The third-order valence-electron chi connectivity index (χ3n) is 3.47. The van der Waals surface area contributed by atoms with Gasteiger partial charge in [0.05, 0.1) is 11.0 Å². The van der Waals surface area contributed by atoms with E-state index in [1.165, 1.54) is 29.7 Å². The number of benzene rings is 1. The Kier molecular flexibility index (Phi) is 2.44. The number of para-hydroxylation sites is 1. The summed E-state index contributed by atoms with van der Waals surface area (Å²) in [6, 6.07) is 6.93. The quantitative estimate of drug-likeness (QED) is 0.879. The molecule has 0 atom stereocenters. The average molecular weight is 229 g/mol. The lowest BCUT2D eigenvalue weighted by Crippen LogP contribution is -2.06. The van der Waals surface area contributed by atoms with Gasteiger partial charge in [0.15, 0.2) is 0 Å². The minimum absolute atomic E-state index is 0.466. The SMILES string of the molecule is CC(C)c1nc2cccc(CN)c2n1C1CC1. The fourth-order valence-corrected chi connectivity index (χ4v) is 2.51. The molecule has 0 radical (unpaired) electrons. The van der Waals surface area contributed by atoms with Gasteiger partial charge in [-0.1, -0.05) is 26.0 Å². The molecule has 0 saturated heterocycles. The van der Waals surface area contributed by atoms with Gasteiger partial charge in [-0.2, -0.15) is 0 Å². The molecule has 2 N–H and O–H groups in total. The molecule has 1 heterocycles. The molecule has 1 aromatic carbocycles. The van der Waals surface area contributed by atoms with Gasteiger partial charge in [0.25, 0.3) is 0 Å². The second kappa shape index (κ2) is 3.84. The van der Waals surface area contributed by atoms with E-state index < -0.39 is 0 Å². The van der Waals surface area contributed by atoms with Crippen LogP contribution in [0.3, 0.4) is 0 Å². The maximum atomic E-state index is 5.85. The van der Waals surface area contributed by atoms with Crippen LogP contribution in [0.2, 0.25) is 0 Å². The first-order valence-electron chi connectivity index (χ1n) is 6.42. The molecule has 1 aliphatic rings. The number of fused-ring (bicyclic) bond motifs is 1. The van der Waals surface area contributed by atoms with Crippen LogP contribution in [0.5, 0.6) is 0 Å². The predicted molar refractivity (Wildman–Crippen MR) is 70.0 cm³/mol. The van der Waals surface area contributed by atoms with Gasteiger partial charge in [0.2, 0.25) is 0 Å². The van der Waals surface area contributed by atoms with E-state index in [9.17, 15) is 0 Å². The molecule has 1 fully saturated rings. The molecule has 0 unspecified atom stereocenters. The summed E-state index contributed by atoms with van der Waals surface area (Å²) >= 11 is 0. The molecule has 17 heavy (non-hydrogen) atoms. The van der Waals surface area contributed by atoms with Gasteiger partial charge in [-0.25, -0.2) is 4.98 Å². The Morgan fingerprint density at radius 1 is 1.41 bits per heavy atom. The molecular formula is C14H19N3. The molecule has 3 rings (SSSR count). The van der Waals surface area contributed by atoms with Crippen LogP contribution in [0.15, 0.2) is 18.2 Å². The molecule has 0 bridgehead atoms. The smallest absolute Gasteiger partial charge is 0.112 e. The van der Waals surface area contributed by atoms with E-state index >= 15 is 0 Å². The monoisotopic (exact) mass is 229 g/mol. The highest BCUT2D eigenvalue weighted by Gasteiger charge is 2.29. The first kappa shape index (κ1) is 10.8. The van der Waals surface area contributed by atoms with Crippen LogP contribution in [-0.4, -0.2) is 9.55 Å². The third kappa shape index (κ3) is 1.65. The van der Waals surface area contributed by atoms with Crippen molar-refractivity contribution >= 4 is 11.0 Å². The summed E-state index contributed by atoms with van der Waals surface area (Å²) in [6.07, 6.45) is 2.56. The Labute approximate surface area is 102 Å². The summed E-state index contributed by atoms with van der Waals surface area (Å²) in [6.45, 7) is 5.01. The molecule has 0 spiro atoms. The van der Waals surface area contributed by atoms with Crippen molar-refractivity contribution in [1.29, 1.82) is 0 Å². The van der Waals surface area contributed by atoms with Crippen molar-refractivity contribution in [1.82, 2.24) is 9.55 Å². The van der Waals surface area contributed by atoms with Gasteiger partial charge in [-0.3, -0.25) is 0 Å². The highest BCUT2D eigenvalue weighted by atomic mass is 15.1. The maximum Gasteiger partial charge on any atom is 0.112 e. The Bertz CT molecular complexity index is 550. The molecule has 3 nitrogen and oxygen atoms in total. The number of nitrogens with zero attached hydrogens (tertiary/aromatic N) is 2. The fourth-order valence-electron chi connectivity index (χ4n) is 2.51. The minimum Gasteiger partial charge on any atom is -0.326 e. The molecule has 1 aromatic heterocycles. The van der Waals surface area contributed by atoms with E-state index in [-0.39, 0.29) is 0 Å². The van der Waals surface area contributed by atoms with Gasteiger partial charge in [-0.05, 0) is 24.5 Å². The van der Waals surface area contributed by atoms with Crippen molar-refractivity contribution in [3.05, 3.63) is 29.6 Å². The first-order valence-corrected chi connectivity index (χ1v) is 6.42. The number of aromatic nitrogens is 2. The lowest BCUT2D eigenvalue weighted by Gasteiger charge is -2.11. The van der Waals surface area contributed by atoms with E-state index in [0.29, 0.717) is 18.5 Å². The topological polar surface area (TPSA) is 43.8 Å². The zero-order valence-corrected chi connectivity index (χ0v) is 10.5. The largest absolute Gasteiger partial charge is 0.326 e. The summed E-state index contributed by atoms with van der Waals surface area (Å²) < 4.78 is 2.43. The average Bonchev–Trinajstić information content (AvgIpc) is 3.08. The van der Waals surface area contributed by atoms with Crippen molar-refractivity contribution in [3.63, 3.8) is 0 Å². The summed E-state index contributed by atoms with van der Waals surface area (Å²) in [7, 11) is 0. The van der Waals surface area contributed by atoms with Crippen molar-refractivity contribution in [2.75, 3.05) is 0 Å². The number of imidazole rings is 1. The van der Waals surface area contributed by atoms with E-state index in [2.05, 4.69) is 36.6 Å². The molecular weight excluding hydrogens is 210 g/mol. The standard InChI is InChI=1S/C14H19N3/c1-9(2)14-16-12-5-3-4-10(8-15)13(12)17(14)11-6-7-11/h3-5,9,11H,6-8,15H2,1-2H3. The summed E-state index contributed by atoms with van der Waals surface area (Å²) in [4.78, 5) is 4.79. The third-order valence-corrected chi connectivity index (χ3v) is 3.47. The van der Waals surface area contributed by atoms with Crippen LogP contribution in [0, 0.1) is 0 Å². The van der Waals surface area contributed by atoms with Gasteiger partial charge in [-0.15, -0.1) is 0 Å². The normalized spacial score (nSPS) is 16.0. The molecule has 3 heteroatoms. The summed E-state index contributed by atoms with van der Waals surface area (Å²) in [5.41, 5.74) is 9.43. The van der Waals surface area contributed by atoms with Gasteiger partial charge in [0, 0.05) is 18.5 Å². The number of rotatable bonds is 3. The van der Waals surface area contributed by atoms with Crippen LogP contribution in [0.25, 0.3) is 11.0 Å². The van der Waals surface area contributed by atoms with Crippen LogP contribution in [-0.2, 0) is 6.54 Å². The van der Waals surface area contributed by atoms with E-state index in [1.54, 1.807) is 0 Å². The van der Waals surface area contributed by atoms with Gasteiger partial charge >= 0.3 is 0 Å². The fraction of sp³-hybridized carbons (Fsp3) is 0.500. The Morgan fingerprint density at radius 3 is 2.76 bits per heavy atom. The van der Waals surface area contributed by atoms with E-state index in [1.807, 2.05) is 0 Å². The molecule has 90 valence electrons. The number of nitrogens with two attached hydrogens (primary N) is 1. The van der Waals surface area contributed by atoms with Crippen LogP contribution in [0.1, 0.15) is 50.0 Å². The van der Waals surface area contributed by atoms with Crippen molar-refractivity contribution < 1.29 is 0 Å².